The molecule has 8 N–H and O–H groups in total. The SMILES string of the molecule is CO[C@H](C)[C@@H](C)Oc1nc(N2C[C@@H]3C[C@H]2CN3)c2cc(C3CC3)c(-c3c(C)c(F)cc(N)c3C=N)c(OCc3ccc(/C(C=N[C@H](C(=O)N4CCC[C@H]4C(=O)N[C@@H](CO)c4ccc(-c5ccccn5)cc4)C(C)C)=N/N)cc3)c2n1. The highest BCUT2D eigenvalue weighted by Crippen LogP contribution is 2.53. The van der Waals surface area contributed by atoms with Gasteiger partial charge in [-0.2, -0.15) is 15.1 Å². The third kappa shape index (κ3) is 11.3. The first-order valence-corrected chi connectivity index (χ1v) is 27.6. The molecular formula is C61H71FN12O6. The van der Waals surface area contributed by atoms with Crippen LogP contribution in [-0.4, -0.2) is 125 Å². The minimum absolute atomic E-state index is 0.0558. The van der Waals surface area contributed by atoms with Crippen LogP contribution in [0.5, 0.6) is 11.8 Å². The van der Waals surface area contributed by atoms with Crippen LogP contribution in [0, 0.1) is 24.1 Å². The molecule has 2 amide bonds. The van der Waals surface area contributed by atoms with Crippen molar-refractivity contribution in [3.8, 4) is 34.1 Å². The molecule has 2 bridgehead atoms. The molecule has 4 fully saturated rings. The maximum Gasteiger partial charge on any atom is 0.319 e. The Morgan fingerprint density at radius 3 is 2.42 bits per heavy atom. The molecule has 418 valence electrons. The van der Waals surface area contributed by atoms with Crippen LogP contribution in [0.1, 0.15) is 105 Å². The first kappa shape index (κ1) is 55.4. The highest BCUT2D eigenvalue weighted by atomic mass is 19.1. The topological polar surface area (TPSA) is 252 Å². The molecule has 3 saturated heterocycles. The van der Waals surface area contributed by atoms with Crippen LogP contribution in [0.4, 0.5) is 15.9 Å². The molecule has 10 rings (SSSR count). The number of amides is 2. The lowest BCUT2D eigenvalue weighted by Crippen LogP contribution is -2.50. The van der Waals surface area contributed by atoms with Crippen molar-refractivity contribution in [1.29, 1.82) is 5.41 Å². The van der Waals surface area contributed by atoms with Gasteiger partial charge in [-0.1, -0.05) is 68.4 Å². The Kier molecular flexibility index (Phi) is 16.5. The van der Waals surface area contributed by atoms with Crippen molar-refractivity contribution in [3.63, 3.8) is 0 Å². The minimum Gasteiger partial charge on any atom is -0.486 e. The summed E-state index contributed by atoms with van der Waals surface area (Å²) in [6, 6.07) is 22.5. The summed E-state index contributed by atoms with van der Waals surface area (Å²) in [6.07, 6.45) is 7.62. The number of carbonyl (C=O) groups is 2. The van der Waals surface area contributed by atoms with Gasteiger partial charge in [0.25, 0.3) is 0 Å². The molecule has 1 saturated carbocycles. The van der Waals surface area contributed by atoms with Crippen molar-refractivity contribution in [2.24, 2.45) is 21.9 Å². The quantitative estimate of drug-likeness (QED) is 0.0174. The van der Waals surface area contributed by atoms with Gasteiger partial charge >= 0.3 is 6.01 Å². The number of aliphatic imine (C=N–C) groups is 1. The molecule has 18 nitrogen and oxygen atoms in total. The van der Waals surface area contributed by atoms with Crippen LogP contribution in [0.3, 0.4) is 0 Å². The Bertz CT molecular complexity index is 3320. The Morgan fingerprint density at radius 1 is 1.01 bits per heavy atom. The van der Waals surface area contributed by atoms with Gasteiger partial charge in [-0.15, -0.1) is 0 Å². The summed E-state index contributed by atoms with van der Waals surface area (Å²) in [4.78, 5) is 51.6. The van der Waals surface area contributed by atoms with Crippen LogP contribution < -0.4 is 36.6 Å². The second-order valence-corrected chi connectivity index (χ2v) is 21.8. The zero-order valence-corrected chi connectivity index (χ0v) is 46.2. The fourth-order valence-electron chi connectivity index (χ4n) is 11.3. The molecule has 6 aromatic rings. The molecular weight excluding hydrogens is 1020 g/mol. The molecule has 3 aliphatic heterocycles. The number of aliphatic hydroxyl groups excluding tert-OH is 1. The molecule has 4 aromatic carbocycles. The van der Waals surface area contributed by atoms with Crippen molar-refractivity contribution < 1.29 is 33.3 Å². The van der Waals surface area contributed by atoms with Crippen molar-refractivity contribution in [2.75, 3.05) is 44.0 Å². The second kappa shape index (κ2) is 23.8. The fraction of sp³-hybridized carbons (Fsp3) is 0.410. The molecule has 0 unspecified atom stereocenters. The van der Waals surface area contributed by atoms with Gasteiger partial charge in [-0.05, 0) is 111 Å². The van der Waals surface area contributed by atoms with E-state index < -0.39 is 30.0 Å². The van der Waals surface area contributed by atoms with Crippen molar-refractivity contribution in [1.82, 2.24) is 30.5 Å². The molecule has 4 aliphatic rings. The van der Waals surface area contributed by atoms with Crippen LogP contribution in [0.15, 0.2) is 95.2 Å². The van der Waals surface area contributed by atoms with Gasteiger partial charge in [-0.25, -0.2) is 4.39 Å². The number of methoxy groups -OCH3 is 1. The van der Waals surface area contributed by atoms with Gasteiger partial charge in [0, 0.05) is 90.1 Å². The van der Waals surface area contributed by atoms with E-state index in [1.54, 1.807) is 25.1 Å². The summed E-state index contributed by atoms with van der Waals surface area (Å²) < 4.78 is 35.1. The van der Waals surface area contributed by atoms with Crippen LogP contribution >= 0.6 is 0 Å². The van der Waals surface area contributed by atoms with E-state index >= 15 is 4.39 Å². The van der Waals surface area contributed by atoms with E-state index in [1.807, 2.05) is 94.4 Å². The lowest BCUT2D eigenvalue weighted by Gasteiger charge is -2.31. The first-order valence-electron chi connectivity index (χ1n) is 27.6. The summed E-state index contributed by atoms with van der Waals surface area (Å²) in [5.41, 5.74) is 14.1. The number of aliphatic hydroxyl groups is 1. The number of halogens is 1. The number of hydrogen-bond acceptors (Lipinski definition) is 16. The highest BCUT2D eigenvalue weighted by Gasteiger charge is 2.42. The summed E-state index contributed by atoms with van der Waals surface area (Å²) in [5, 5.41) is 30.4. The van der Waals surface area contributed by atoms with Gasteiger partial charge < -0.3 is 56.7 Å². The van der Waals surface area contributed by atoms with Gasteiger partial charge in [-0.3, -0.25) is 19.6 Å². The van der Waals surface area contributed by atoms with Gasteiger partial charge in [0.2, 0.25) is 11.8 Å². The minimum atomic E-state index is -0.847. The van der Waals surface area contributed by atoms with Gasteiger partial charge in [0.05, 0.1) is 30.7 Å². The highest BCUT2D eigenvalue weighted by molar-refractivity contribution is 6.38. The van der Waals surface area contributed by atoms with Crippen LogP contribution in [0.2, 0.25) is 0 Å². The number of anilines is 2. The van der Waals surface area contributed by atoms with Crippen LogP contribution in [0.25, 0.3) is 33.3 Å². The van der Waals surface area contributed by atoms with E-state index in [0.717, 1.165) is 71.5 Å². The largest absolute Gasteiger partial charge is 0.486 e. The Morgan fingerprint density at radius 2 is 1.79 bits per heavy atom. The molecule has 5 heterocycles. The summed E-state index contributed by atoms with van der Waals surface area (Å²) in [6.45, 7) is 11.0. The Labute approximate surface area is 465 Å². The van der Waals surface area contributed by atoms with E-state index in [-0.39, 0.29) is 60.7 Å². The van der Waals surface area contributed by atoms with Crippen LogP contribution in [-0.2, 0) is 20.9 Å². The Balaban J connectivity index is 0.920. The van der Waals surface area contributed by atoms with Crippen molar-refractivity contribution in [3.05, 3.63) is 124 Å². The number of ether oxygens (including phenoxy) is 3. The first-order chi connectivity index (χ1) is 38.7. The maximum absolute atomic E-state index is 16.0. The lowest BCUT2D eigenvalue weighted by atomic mass is 9.87. The monoisotopic (exact) mass is 1090 g/mol. The molecule has 0 spiro atoms. The predicted octanol–water partition coefficient (Wildman–Crippen LogP) is 7.79. The van der Waals surface area contributed by atoms with Crippen molar-refractivity contribution in [2.45, 2.75) is 122 Å². The summed E-state index contributed by atoms with van der Waals surface area (Å²) in [5.74, 6) is 5.91. The maximum atomic E-state index is 16.0. The number of rotatable bonds is 21. The number of nitrogens with zero attached hydrogens (tertiary/aromatic N) is 7. The van der Waals surface area contributed by atoms with E-state index in [2.05, 4.69) is 31.7 Å². The second-order valence-electron chi connectivity index (χ2n) is 21.8. The zero-order chi connectivity index (χ0) is 56.4. The molecule has 2 aromatic heterocycles. The van der Waals surface area contributed by atoms with Crippen molar-refractivity contribution >= 4 is 52.4 Å². The van der Waals surface area contributed by atoms with Gasteiger partial charge in [0.1, 0.15) is 47.7 Å². The van der Waals surface area contributed by atoms with E-state index in [0.29, 0.717) is 70.2 Å². The number of hydrazone groups is 1. The average Bonchev–Trinajstić information content (AvgIpc) is 3.31. The fourth-order valence-corrected chi connectivity index (χ4v) is 11.3. The number of nitrogens with one attached hydrogen (secondary N) is 3. The normalized spacial score (nSPS) is 19.7. The number of nitrogen functional groups attached to an aromatic ring is 1. The standard InChI is InChI=1S/C61H71FN12O6/c1-33(2)55(60(77)73-23-9-11-52(73)59(76)69-51(31-75)41-20-18-39(19-21-41)49-10-7-8-22-66-49)68-29-50(72-65)40-14-12-37(13-15-40)32-79-57-54(53-34(3)47(62)26-48(64)46(53)27-63)44(38-16-17-38)25-45-56(57)70-61(80-36(5)35(4)78-6)71-58(45)74-30-42-24-43(74)28-67-42/h7-8,10,12-15,18-22,25-27,29,33,35-36,38,42-43,51-52,55,63,67,75H,9,11,16-17,23-24,28,30-32,64-65H2,1-6H3,(H,69,76)/b63-27?,68-29?,72-50+/t35-,36-,42+,43+,51+,52+,55+/m1/s1. The molecule has 1 aliphatic carbocycles. The number of aromatic nitrogens is 3. The number of benzene rings is 4. The average molecular weight is 1090 g/mol. The lowest BCUT2D eigenvalue weighted by molar-refractivity contribution is -0.140. The molecule has 7 atom stereocenters. The number of hydrogen-bond donors (Lipinski definition) is 6. The zero-order valence-electron chi connectivity index (χ0n) is 46.2. The third-order valence-corrected chi connectivity index (χ3v) is 16.2. The predicted molar refractivity (Wildman–Crippen MR) is 309 cm³/mol. The molecule has 19 heteroatoms. The molecule has 0 radical (unpaired) electrons. The third-order valence-electron chi connectivity index (χ3n) is 16.2. The number of nitrogens with two attached hydrogens (primary N) is 2. The van der Waals surface area contributed by atoms with E-state index in [9.17, 15) is 14.7 Å². The number of likely N-dealkylation sites (tertiary alicyclic amines) is 1. The molecule has 80 heavy (non-hydrogen) atoms. The van der Waals surface area contributed by atoms with E-state index in [4.69, 9.17) is 46.2 Å². The summed E-state index contributed by atoms with van der Waals surface area (Å²) >= 11 is 0. The smallest absolute Gasteiger partial charge is 0.319 e. The summed E-state index contributed by atoms with van der Waals surface area (Å²) in [7, 11) is 1.63. The number of fused-ring (bicyclic) bond motifs is 3. The van der Waals surface area contributed by atoms with Gasteiger partial charge in [0.15, 0.2) is 5.75 Å². The Hall–Kier alpha value is -7.87. The van der Waals surface area contributed by atoms with E-state index in [1.165, 1.54) is 18.5 Å². The number of pyridine rings is 1. The number of piperazine rings is 1. The number of carbonyl (C=O) groups excluding carboxylic acids is 2.